The summed E-state index contributed by atoms with van der Waals surface area (Å²) in [6.45, 7) is 2.00. The minimum atomic E-state index is -0.0974. The molecular weight excluding hydrogens is 468 g/mol. The van der Waals surface area contributed by atoms with Crippen molar-refractivity contribution in [1.82, 2.24) is 4.98 Å². The van der Waals surface area contributed by atoms with Gasteiger partial charge < -0.3 is 19.5 Å². The maximum atomic E-state index is 12.5. The number of thiazole rings is 1. The fraction of sp³-hybridized carbons (Fsp3) is 0.273. The van der Waals surface area contributed by atoms with Crippen molar-refractivity contribution >= 4 is 38.3 Å². The number of rotatable bonds is 8. The summed E-state index contributed by atoms with van der Waals surface area (Å²) in [5.41, 5.74) is 2.82. The highest BCUT2D eigenvalue weighted by Crippen LogP contribution is 2.38. The Kier molecular flexibility index (Phi) is 7.33. The molecule has 0 bridgehead atoms. The summed E-state index contributed by atoms with van der Waals surface area (Å²) in [5.74, 6) is 1.58. The summed E-state index contributed by atoms with van der Waals surface area (Å²) in [7, 11) is 4.70. The van der Waals surface area contributed by atoms with Gasteiger partial charge in [-0.2, -0.15) is 0 Å². The summed E-state index contributed by atoms with van der Waals surface area (Å²) >= 11 is 4.91. The van der Waals surface area contributed by atoms with Gasteiger partial charge in [-0.3, -0.25) is 4.79 Å². The molecule has 2 aromatic carbocycles. The second kappa shape index (κ2) is 9.95. The third-order valence-corrected chi connectivity index (χ3v) is 5.94. The molecular formula is C22H23BrN2O4S. The zero-order chi connectivity index (χ0) is 21.7. The molecule has 3 rings (SSSR count). The monoisotopic (exact) mass is 490 g/mol. The number of halogens is 1. The number of anilines is 1. The average Bonchev–Trinajstić information content (AvgIpc) is 3.11. The van der Waals surface area contributed by atoms with Crippen LogP contribution in [0.4, 0.5) is 5.13 Å². The van der Waals surface area contributed by atoms with Gasteiger partial charge >= 0.3 is 0 Å². The molecule has 30 heavy (non-hydrogen) atoms. The lowest BCUT2D eigenvalue weighted by Gasteiger charge is -2.14. The number of methoxy groups -OCH3 is 3. The van der Waals surface area contributed by atoms with Crippen molar-refractivity contribution < 1.29 is 19.0 Å². The van der Waals surface area contributed by atoms with Crippen LogP contribution in [-0.4, -0.2) is 32.2 Å². The average molecular weight is 491 g/mol. The summed E-state index contributed by atoms with van der Waals surface area (Å²) in [6.07, 6.45) is 0.845. The zero-order valence-corrected chi connectivity index (χ0v) is 19.6. The lowest BCUT2D eigenvalue weighted by atomic mass is 10.1. The number of carbonyl (C=O) groups is 1. The van der Waals surface area contributed by atoms with E-state index in [0.29, 0.717) is 35.2 Å². The third kappa shape index (κ3) is 5.12. The number of aryl methyl sites for hydroxylation is 2. The molecule has 0 aliphatic rings. The molecule has 0 saturated carbocycles. The first-order chi connectivity index (χ1) is 14.4. The van der Waals surface area contributed by atoms with E-state index in [9.17, 15) is 4.79 Å². The number of hydrogen-bond donors (Lipinski definition) is 1. The standard InChI is InChI=1S/C22H23BrN2O4S/c1-13-20(15-6-8-16(23)9-7-15)25-22(30-13)24-19(26)10-5-14-11-17(27-2)21(29-4)18(12-14)28-3/h6-9,11-12H,5,10H2,1-4H3,(H,24,25,26). The number of ether oxygens (including phenoxy) is 3. The lowest BCUT2D eigenvalue weighted by molar-refractivity contribution is -0.116. The molecule has 0 aliphatic heterocycles. The van der Waals surface area contributed by atoms with Crippen LogP contribution in [0, 0.1) is 6.92 Å². The van der Waals surface area contributed by atoms with E-state index in [2.05, 4.69) is 26.2 Å². The molecule has 0 radical (unpaired) electrons. The van der Waals surface area contributed by atoms with Crippen molar-refractivity contribution in [2.75, 3.05) is 26.6 Å². The van der Waals surface area contributed by atoms with E-state index in [0.717, 1.165) is 26.2 Å². The van der Waals surface area contributed by atoms with Crippen LogP contribution in [-0.2, 0) is 11.2 Å². The minimum absolute atomic E-state index is 0.0974. The maximum Gasteiger partial charge on any atom is 0.226 e. The van der Waals surface area contributed by atoms with Crippen molar-refractivity contribution in [3.8, 4) is 28.5 Å². The predicted octanol–water partition coefficient (Wildman–Crippen LogP) is 5.48. The quantitative estimate of drug-likeness (QED) is 0.452. The van der Waals surface area contributed by atoms with Crippen LogP contribution in [0.5, 0.6) is 17.2 Å². The van der Waals surface area contributed by atoms with Gasteiger partial charge in [-0.1, -0.05) is 28.1 Å². The van der Waals surface area contributed by atoms with Crippen LogP contribution >= 0.6 is 27.3 Å². The number of hydrogen-bond acceptors (Lipinski definition) is 6. The fourth-order valence-corrected chi connectivity index (χ4v) is 4.16. The highest BCUT2D eigenvalue weighted by molar-refractivity contribution is 9.10. The van der Waals surface area contributed by atoms with Crippen molar-refractivity contribution in [3.63, 3.8) is 0 Å². The van der Waals surface area contributed by atoms with Gasteiger partial charge in [0.05, 0.1) is 27.0 Å². The van der Waals surface area contributed by atoms with Crippen LogP contribution in [0.1, 0.15) is 16.9 Å². The molecule has 1 N–H and O–H groups in total. The molecule has 0 atom stereocenters. The molecule has 1 heterocycles. The van der Waals surface area contributed by atoms with Crippen LogP contribution < -0.4 is 19.5 Å². The van der Waals surface area contributed by atoms with E-state index < -0.39 is 0 Å². The Hall–Kier alpha value is -2.58. The molecule has 1 aromatic heterocycles. The van der Waals surface area contributed by atoms with Gasteiger partial charge in [0.25, 0.3) is 0 Å². The Balaban J connectivity index is 1.67. The van der Waals surface area contributed by atoms with E-state index >= 15 is 0 Å². The van der Waals surface area contributed by atoms with Gasteiger partial charge in [-0.15, -0.1) is 11.3 Å². The molecule has 3 aromatic rings. The molecule has 0 fully saturated rings. The van der Waals surface area contributed by atoms with Gasteiger partial charge in [0.1, 0.15) is 0 Å². The molecule has 6 nitrogen and oxygen atoms in total. The van der Waals surface area contributed by atoms with Crippen LogP contribution in [0.25, 0.3) is 11.3 Å². The van der Waals surface area contributed by atoms with Crippen LogP contribution in [0.15, 0.2) is 40.9 Å². The molecule has 0 unspecified atom stereocenters. The van der Waals surface area contributed by atoms with Crippen molar-refractivity contribution in [3.05, 3.63) is 51.3 Å². The molecule has 0 aliphatic carbocycles. The van der Waals surface area contributed by atoms with E-state index in [1.165, 1.54) is 11.3 Å². The number of amides is 1. The van der Waals surface area contributed by atoms with Crippen molar-refractivity contribution in [1.29, 1.82) is 0 Å². The second-order valence-electron chi connectivity index (χ2n) is 6.51. The first-order valence-corrected chi connectivity index (χ1v) is 10.9. The molecule has 0 saturated heterocycles. The van der Waals surface area contributed by atoms with Gasteiger partial charge in [-0.05, 0) is 43.2 Å². The van der Waals surface area contributed by atoms with Gasteiger partial charge in [0.2, 0.25) is 11.7 Å². The topological polar surface area (TPSA) is 69.7 Å². The molecule has 8 heteroatoms. The highest BCUT2D eigenvalue weighted by atomic mass is 79.9. The molecule has 0 spiro atoms. The van der Waals surface area contributed by atoms with Gasteiger partial charge in [0.15, 0.2) is 16.6 Å². The zero-order valence-electron chi connectivity index (χ0n) is 17.2. The Morgan fingerprint density at radius 1 is 1.07 bits per heavy atom. The summed E-state index contributed by atoms with van der Waals surface area (Å²) in [6, 6.07) is 11.7. The number of carbonyl (C=O) groups excluding carboxylic acids is 1. The minimum Gasteiger partial charge on any atom is -0.493 e. The maximum absolute atomic E-state index is 12.5. The largest absolute Gasteiger partial charge is 0.493 e. The van der Waals surface area contributed by atoms with Gasteiger partial charge in [-0.25, -0.2) is 4.98 Å². The van der Waals surface area contributed by atoms with E-state index in [-0.39, 0.29) is 5.91 Å². The fourth-order valence-electron chi connectivity index (χ4n) is 3.04. The SMILES string of the molecule is COc1cc(CCC(=O)Nc2nc(-c3ccc(Br)cc3)c(C)s2)cc(OC)c1OC. The Bertz CT molecular complexity index is 1010. The first-order valence-electron chi connectivity index (χ1n) is 9.27. The summed E-state index contributed by atoms with van der Waals surface area (Å²) in [4.78, 5) is 18.1. The van der Waals surface area contributed by atoms with Crippen molar-refractivity contribution in [2.24, 2.45) is 0 Å². The van der Waals surface area contributed by atoms with Gasteiger partial charge in [0, 0.05) is 21.3 Å². The third-order valence-electron chi connectivity index (χ3n) is 4.53. The number of nitrogens with one attached hydrogen (secondary N) is 1. The van der Waals surface area contributed by atoms with E-state index in [1.807, 2.05) is 43.3 Å². The van der Waals surface area contributed by atoms with Crippen molar-refractivity contribution in [2.45, 2.75) is 19.8 Å². The second-order valence-corrected chi connectivity index (χ2v) is 8.63. The van der Waals surface area contributed by atoms with E-state index in [1.54, 1.807) is 21.3 Å². The number of aromatic nitrogens is 1. The Labute approximate surface area is 188 Å². The molecule has 1 amide bonds. The summed E-state index contributed by atoms with van der Waals surface area (Å²) < 4.78 is 17.1. The summed E-state index contributed by atoms with van der Waals surface area (Å²) in [5, 5.41) is 3.50. The van der Waals surface area contributed by atoms with E-state index in [4.69, 9.17) is 14.2 Å². The lowest BCUT2D eigenvalue weighted by Crippen LogP contribution is -2.12. The predicted molar refractivity (Wildman–Crippen MR) is 123 cm³/mol. The Morgan fingerprint density at radius 2 is 1.70 bits per heavy atom. The number of benzene rings is 2. The smallest absolute Gasteiger partial charge is 0.226 e. The van der Waals surface area contributed by atoms with Crippen LogP contribution in [0.2, 0.25) is 0 Å². The Morgan fingerprint density at radius 3 is 2.27 bits per heavy atom. The first kappa shape index (κ1) is 22.1. The van der Waals surface area contributed by atoms with Crippen LogP contribution in [0.3, 0.4) is 0 Å². The highest BCUT2D eigenvalue weighted by Gasteiger charge is 2.15. The number of nitrogens with zero attached hydrogens (tertiary/aromatic N) is 1. The molecule has 158 valence electrons. The normalized spacial score (nSPS) is 10.6.